The molecule has 0 aliphatic carbocycles. The van der Waals surface area contributed by atoms with E-state index in [9.17, 15) is 9.18 Å². The van der Waals surface area contributed by atoms with Gasteiger partial charge in [-0.1, -0.05) is 42.5 Å². The first-order valence-electron chi connectivity index (χ1n) is 9.18. The number of nitrogens with one attached hydrogen (secondary N) is 1. The van der Waals surface area contributed by atoms with Crippen LogP contribution in [0.3, 0.4) is 0 Å². The summed E-state index contributed by atoms with van der Waals surface area (Å²) >= 11 is 0. The van der Waals surface area contributed by atoms with E-state index in [0.29, 0.717) is 19.8 Å². The number of nitrogens with two attached hydrogens (primary N) is 1. The fourth-order valence-corrected chi connectivity index (χ4v) is 3.35. The summed E-state index contributed by atoms with van der Waals surface area (Å²) in [5.74, 6) is -0.548. The summed E-state index contributed by atoms with van der Waals surface area (Å²) in [6.45, 7) is 4.76. The Hall–Kier alpha value is -2.28. The molecular formula is C21H26FN3O2. The lowest BCUT2D eigenvalue weighted by Gasteiger charge is -2.35. The fourth-order valence-electron chi connectivity index (χ4n) is 3.35. The minimum absolute atomic E-state index is 0.139. The second kappa shape index (κ2) is 8.61. The third-order valence-electron chi connectivity index (χ3n) is 5.02. The van der Waals surface area contributed by atoms with Crippen molar-refractivity contribution in [2.45, 2.75) is 18.5 Å². The molecule has 1 fully saturated rings. The van der Waals surface area contributed by atoms with Crippen molar-refractivity contribution in [3.05, 3.63) is 71.5 Å². The average Bonchev–Trinajstić information content (AvgIpc) is 2.69. The van der Waals surface area contributed by atoms with Gasteiger partial charge in [-0.3, -0.25) is 9.69 Å². The quantitative estimate of drug-likeness (QED) is 0.817. The first-order chi connectivity index (χ1) is 13.0. The Morgan fingerprint density at radius 1 is 1.22 bits per heavy atom. The Labute approximate surface area is 159 Å². The number of morpholine rings is 1. The summed E-state index contributed by atoms with van der Waals surface area (Å²) in [6.07, 6.45) is 0. The van der Waals surface area contributed by atoms with Gasteiger partial charge in [-0.25, -0.2) is 4.39 Å². The molecule has 0 spiro atoms. The molecule has 2 aromatic rings. The van der Waals surface area contributed by atoms with Gasteiger partial charge in [-0.05, 0) is 30.2 Å². The van der Waals surface area contributed by atoms with Gasteiger partial charge in [-0.15, -0.1) is 0 Å². The molecule has 2 atom stereocenters. The minimum atomic E-state index is -1.14. The summed E-state index contributed by atoms with van der Waals surface area (Å²) in [7, 11) is 0. The van der Waals surface area contributed by atoms with Crippen LogP contribution in [-0.4, -0.2) is 43.7 Å². The van der Waals surface area contributed by atoms with Crippen molar-refractivity contribution < 1.29 is 13.9 Å². The van der Waals surface area contributed by atoms with E-state index in [4.69, 9.17) is 10.5 Å². The average molecular weight is 371 g/mol. The van der Waals surface area contributed by atoms with Crippen LogP contribution in [0.15, 0.2) is 54.6 Å². The number of rotatable bonds is 6. The normalized spacial score (nSPS) is 18.5. The highest BCUT2D eigenvalue weighted by Crippen LogP contribution is 2.23. The van der Waals surface area contributed by atoms with Crippen LogP contribution >= 0.6 is 0 Å². The summed E-state index contributed by atoms with van der Waals surface area (Å²) in [4.78, 5) is 15.0. The summed E-state index contributed by atoms with van der Waals surface area (Å²) in [6, 6.07) is 15.7. The first-order valence-corrected chi connectivity index (χ1v) is 9.18. The second-order valence-corrected chi connectivity index (χ2v) is 7.00. The van der Waals surface area contributed by atoms with Gasteiger partial charge in [-0.2, -0.15) is 0 Å². The van der Waals surface area contributed by atoms with Crippen molar-refractivity contribution in [3.63, 3.8) is 0 Å². The van der Waals surface area contributed by atoms with Crippen molar-refractivity contribution in [2.24, 2.45) is 5.73 Å². The van der Waals surface area contributed by atoms with Crippen LogP contribution in [0, 0.1) is 5.82 Å². The zero-order chi connectivity index (χ0) is 19.3. The van der Waals surface area contributed by atoms with Crippen LogP contribution in [0.4, 0.5) is 4.39 Å². The fraction of sp³-hybridized carbons (Fsp3) is 0.381. The Balaban J connectivity index is 1.75. The highest BCUT2D eigenvalue weighted by atomic mass is 19.1. The van der Waals surface area contributed by atoms with E-state index in [1.807, 2.05) is 36.4 Å². The predicted octanol–water partition coefficient (Wildman–Crippen LogP) is 2.19. The van der Waals surface area contributed by atoms with Crippen LogP contribution in [0.5, 0.6) is 0 Å². The lowest BCUT2D eigenvalue weighted by molar-refractivity contribution is -0.126. The zero-order valence-corrected chi connectivity index (χ0v) is 15.5. The van der Waals surface area contributed by atoms with Crippen LogP contribution in [0.1, 0.15) is 24.1 Å². The third-order valence-corrected chi connectivity index (χ3v) is 5.02. The first kappa shape index (κ1) is 19.5. The molecule has 6 heteroatoms. The highest BCUT2D eigenvalue weighted by molar-refractivity contribution is 5.87. The molecule has 0 saturated carbocycles. The lowest BCUT2D eigenvalue weighted by atomic mass is 9.92. The number of benzene rings is 2. The maximum atomic E-state index is 13.8. The molecule has 1 heterocycles. The largest absolute Gasteiger partial charge is 0.379 e. The lowest BCUT2D eigenvalue weighted by Crippen LogP contribution is -2.51. The van der Waals surface area contributed by atoms with Crippen molar-refractivity contribution >= 4 is 5.91 Å². The molecule has 3 N–H and O–H groups in total. The molecule has 5 nitrogen and oxygen atoms in total. The van der Waals surface area contributed by atoms with Crippen molar-refractivity contribution in [1.29, 1.82) is 0 Å². The van der Waals surface area contributed by atoms with Crippen molar-refractivity contribution in [2.75, 3.05) is 32.8 Å². The number of hydrogen-bond acceptors (Lipinski definition) is 4. The maximum absolute atomic E-state index is 13.8. The predicted molar refractivity (Wildman–Crippen MR) is 103 cm³/mol. The van der Waals surface area contributed by atoms with Gasteiger partial charge in [0.2, 0.25) is 5.91 Å². The Morgan fingerprint density at radius 3 is 2.59 bits per heavy atom. The SMILES string of the molecule is CC(N)(C(=O)NCC(c1cccc(F)c1)N1CCOCC1)c1ccccc1. The number of ether oxygens (including phenoxy) is 1. The van der Waals surface area contributed by atoms with E-state index in [1.54, 1.807) is 13.0 Å². The topological polar surface area (TPSA) is 67.6 Å². The standard InChI is InChI=1S/C21H26FN3O2/c1-21(23,17-7-3-2-4-8-17)20(26)24-15-19(25-10-12-27-13-11-25)16-6-5-9-18(22)14-16/h2-9,14,19H,10-13,15,23H2,1H3,(H,24,26). The van der Waals surface area contributed by atoms with E-state index >= 15 is 0 Å². The van der Waals surface area contributed by atoms with Crippen LogP contribution in [0.2, 0.25) is 0 Å². The molecule has 0 aromatic heterocycles. The molecule has 27 heavy (non-hydrogen) atoms. The second-order valence-electron chi connectivity index (χ2n) is 7.00. The Kier molecular flexibility index (Phi) is 6.21. The van der Waals surface area contributed by atoms with E-state index in [-0.39, 0.29) is 17.8 Å². The molecule has 1 aliphatic rings. The number of hydrogen-bond donors (Lipinski definition) is 2. The Morgan fingerprint density at radius 2 is 1.93 bits per heavy atom. The van der Waals surface area contributed by atoms with Crippen LogP contribution in [0.25, 0.3) is 0 Å². The highest BCUT2D eigenvalue weighted by Gasteiger charge is 2.31. The monoisotopic (exact) mass is 371 g/mol. The molecule has 3 rings (SSSR count). The minimum Gasteiger partial charge on any atom is -0.379 e. The van der Waals surface area contributed by atoms with Crippen LogP contribution < -0.4 is 11.1 Å². The number of amides is 1. The third kappa shape index (κ3) is 4.71. The van der Waals surface area contributed by atoms with E-state index in [2.05, 4.69) is 10.2 Å². The smallest absolute Gasteiger partial charge is 0.244 e. The maximum Gasteiger partial charge on any atom is 0.244 e. The molecule has 0 radical (unpaired) electrons. The van der Waals surface area contributed by atoms with Crippen molar-refractivity contribution in [3.8, 4) is 0 Å². The molecular weight excluding hydrogens is 345 g/mol. The number of nitrogens with zero attached hydrogens (tertiary/aromatic N) is 1. The molecule has 144 valence electrons. The number of carbonyl (C=O) groups is 1. The van der Waals surface area contributed by atoms with Crippen LogP contribution in [-0.2, 0) is 15.1 Å². The van der Waals surface area contributed by atoms with Gasteiger partial charge >= 0.3 is 0 Å². The number of halogens is 1. The molecule has 1 amide bonds. The zero-order valence-electron chi connectivity index (χ0n) is 15.5. The molecule has 1 saturated heterocycles. The van der Waals surface area contributed by atoms with E-state index in [1.165, 1.54) is 12.1 Å². The summed E-state index contributed by atoms with van der Waals surface area (Å²) in [5, 5.41) is 2.97. The van der Waals surface area contributed by atoms with Gasteiger partial charge in [0.15, 0.2) is 0 Å². The molecule has 0 bridgehead atoms. The Bertz CT molecular complexity index is 761. The van der Waals surface area contributed by atoms with Gasteiger partial charge in [0.05, 0.1) is 19.3 Å². The van der Waals surface area contributed by atoms with E-state index in [0.717, 1.165) is 24.2 Å². The molecule has 2 aromatic carbocycles. The summed E-state index contributed by atoms with van der Waals surface area (Å²) in [5.41, 5.74) is 6.74. The number of carbonyl (C=O) groups excluding carboxylic acids is 1. The van der Waals surface area contributed by atoms with Gasteiger partial charge in [0.25, 0.3) is 0 Å². The van der Waals surface area contributed by atoms with E-state index < -0.39 is 5.54 Å². The van der Waals surface area contributed by atoms with Crippen molar-refractivity contribution in [1.82, 2.24) is 10.2 Å². The summed E-state index contributed by atoms with van der Waals surface area (Å²) < 4.78 is 19.2. The molecule has 1 aliphatic heterocycles. The van der Waals surface area contributed by atoms with Gasteiger partial charge in [0.1, 0.15) is 11.4 Å². The van der Waals surface area contributed by atoms with Gasteiger partial charge < -0.3 is 15.8 Å². The van der Waals surface area contributed by atoms with Gasteiger partial charge in [0, 0.05) is 19.6 Å². The molecule has 2 unspecified atom stereocenters.